The van der Waals surface area contributed by atoms with Gasteiger partial charge in [0.25, 0.3) is 0 Å². The summed E-state index contributed by atoms with van der Waals surface area (Å²) in [5.41, 5.74) is 1.07. The molecule has 1 aromatic carbocycles. The van der Waals surface area contributed by atoms with E-state index < -0.39 is 0 Å². The van der Waals surface area contributed by atoms with E-state index in [0.717, 1.165) is 23.0 Å². The topological polar surface area (TPSA) is 12.0 Å². The minimum atomic E-state index is -0.159. The van der Waals surface area contributed by atoms with Crippen molar-refractivity contribution in [2.45, 2.75) is 37.5 Å². The molecule has 18 heavy (non-hydrogen) atoms. The summed E-state index contributed by atoms with van der Waals surface area (Å²) in [6.07, 6.45) is 3.49. The molecular weight excluding hydrogens is 313 g/mol. The average molecular weight is 332 g/mol. The summed E-state index contributed by atoms with van der Waals surface area (Å²) in [5.74, 6) is 1.10. The SMILES string of the molecule is CCNC(Cc1cc(F)cc(Br)c1)C1CCCS1. The highest BCUT2D eigenvalue weighted by Gasteiger charge is 2.25. The number of thioether (sulfide) groups is 1. The quantitative estimate of drug-likeness (QED) is 0.875. The van der Waals surface area contributed by atoms with Crippen LogP contribution in [0.25, 0.3) is 0 Å². The van der Waals surface area contributed by atoms with Crippen molar-refractivity contribution in [1.82, 2.24) is 5.32 Å². The van der Waals surface area contributed by atoms with E-state index in [9.17, 15) is 4.39 Å². The fourth-order valence-corrected chi connectivity index (χ4v) is 4.41. The van der Waals surface area contributed by atoms with Crippen LogP contribution in [0.15, 0.2) is 22.7 Å². The first-order valence-electron chi connectivity index (χ1n) is 6.49. The third-order valence-electron chi connectivity index (χ3n) is 3.26. The fraction of sp³-hybridized carbons (Fsp3) is 0.571. The van der Waals surface area contributed by atoms with E-state index in [2.05, 4.69) is 39.9 Å². The lowest BCUT2D eigenvalue weighted by Gasteiger charge is -2.24. The van der Waals surface area contributed by atoms with Crippen LogP contribution in [0.5, 0.6) is 0 Å². The van der Waals surface area contributed by atoms with Crippen molar-refractivity contribution in [3.05, 3.63) is 34.1 Å². The Morgan fingerprint density at radius 3 is 2.94 bits per heavy atom. The zero-order valence-electron chi connectivity index (χ0n) is 10.6. The minimum absolute atomic E-state index is 0.159. The summed E-state index contributed by atoms with van der Waals surface area (Å²) < 4.78 is 14.2. The van der Waals surface area contributed by atoms with Gasteiger partial charge in [0.15, 0.2) is 0 Å². The van der Waals surface area contributed by atoms with Gasteiger partial charge < -0.3 is 5.32 Å². The van der Waals surface area contributed by atoms with Crippen LogP contribution < -0.4 is 5.32 Å². The predicted octanol–water partition coefficient (Wildman–Crippen LogP) is 4.00. The van der Waals surface area contributed by atoms with Crippen molar-refractivity contribution < 1.29 is 4.39 Å². The van der Waals surface area contributed by atoms with E-state index in [1.807, 2.05) is 6.07 Å². The number of rotatable bonds is 5. The Morgan fingerprint density at radius 1 is 1.50 bits per heavy atom. The average Bonchev–Trinajstić information content (AvgIpc) is 2.80. The first-order chi connectivity index (χ1) is 8.69. The zero-order valence-corrected chi connectivity index (χ0v) is 13.0. The van der Waals surface area contributed by atoms with E-state index in [0.29, 0.717) is 11.3 Å². The molecule has 0 radical (unpaired) electrons. The Hall–Kier alpha value is -0.0600. The van der Waals surface area contributed by atoms with Gasteiger partial charge in [0.2, 0.25) is 0 Å². The normalized spacial score (nSPS) is 21.2. The molecule has 0 bridgehead atoms. The number of halogens is 2. The molecular formula is C14H19BrFNS. The zero-order chi connectivity index (χ0) is 13.0. The largest absolute Gasteiger partial charge is 0.313 e. The maximum atomic E-state index is 13.4. The van der Waals surface area contributed by atoms with Crippen LogP contribution in [0.2, 0.25) is 0 Å². The Kier molecular flexibility index (Phi) is 5.52. The molecule has 100 valence electrons. The molecule has 0 aromatic heterocycles. The molecule has 1 aliphatic rings. The van der Waals surface area contributed by atoms with Crippen molar-refractivity contribution in [1.29, 1.82) is 0 Å². The molecule has 1 saturated heterocycles. The van der Waals surface area contributed by atoms with Gasteiger partial charge >= 0.3 is 0 Å². The minimum Gasteiger partial charge on any atom is -0.313 e. The van der Waals surface area contributed by atoms with Crippen LogP contribution in [-0.4, -0.2) is 23.6 Å². The molecule has 4 heteroatoms. The Balaban J connectivity index is 2.07. The molecule has 1 nitrogen and oxygen atoms in total. The van der Waals surface area contributed by atoms with Crippen LogP contribution >= 0.6 is 27.7 Å². The van der Waals surface area contributed by atoms with Crippen molar-refractivity contribution in [2.75, 3.05) is 12.3 Å². The van der Waals surface area contributed by atoms with E-state index in [-0.39, 0.29) is 5.82 Å². The second-order valence-electron chi connectivity index (χ2n) is 4.70. The van der Waals surface area contributed by atoms with Crippen molar-refractivity contribution >= 4 is 27.7 Å². The monoisotopic (exact) mass is 331 g/mol. The molecule has 0 saturated carbocycles. The van der Waals surface area contributed by atoms with Gasteiger partial charge in [-0.1, -0.05) is 22.9 Å². The van der Waals surface area contributed by atoms with E-state index in [1.54, 1.807) is 6.07 Å². The smallest absolute Gasteiger partial charge is 0.124 e. The van der Waals surface area contributed by atoms with Crippen LogP contribution in [0.1, 0.15) is 25.3 Å². The molecule has 0 aliphatic carbocycles. The highest BCUT2D eigenvalue weighted by Crippen LogP contribution is 2.30. The van der Waals surface area contributed by atoms with Gasteiger partial charge in [-0.15, -0.1) is 0 Å². The summed E-state index contributed by atoms with van der Waals surface area (Å²) in [6.45, 7) is 3.10. The van der Waals surface area contributed by atoms with E-state index >= 15 is 0 Å². The standard InChI is InChI=1S/C14H19BrFNS/c1-2-17-13(14-4-3-5-18-14)8-10-6-11(15)9-12(16)7-10/h6-7,9,13-14,17H,2-5,8H2,1H3. The van der Waals surface area contributed by atoms with Gasteiger partial charge in [-0.3, -0.25) is 0 Å². The molecule has 2 atom stereocenters. The molecule has 0 amide bonds. The number of hydrogen-bond acceptors (Lipinski definition) is 2. The Morgan fingerprint density at radius 2 is 2.33 bits per heavy atom. The van der Waals surface area contributed by atoms with Crippen LogP contribution in [0.3, 0.4) is 0 Å². The lowest BCUT2D eigenvalue weighted by Crippen LogP contribution is -2.38. The summed E-state index contributed by atoms with van der Waals surface area (Å²) in [7, 11) is 0. The Bertz CT molecular complexity index is 373. The van der Waals surface area contributed by atoms with E-state index in [4.69, 9.17) is 0 Å². The second-order valence-corrected chi connectivity index (χ2v) is 6.96. The lowest BCUT2D eigenvalue weighted by molar-refractivity contribution is 0.494. The van der Waals surface area contributed by atoms with Gasteiger partial charge in [0.1, 0.15) is 5.82 Å². The van der Waals surface area contributed by atoms with Crippen molar-refractivity contribution in [2.24, 2.45) is 0 Å². The molecule has 1 aromatic rings. The summed E-state index contributed by atoms with van der Waals surface area (Å²) in [5, 5.41) is 4.23. The van der Waals surface area contributed by atoms with Gasteiger partial charge in [-0.05, 0) is 55.3 Å². The third kappa shape index (κ3) is 3.97. The van der Waals surface area contributed by atoms with Crippen molar-refractivity contribution in [3.8, 4) is 0 Å². The molecule has 1 heterocycles. The summed E-state index contributed by atoms with van der Waals surface area (Å²) >= 11 is 5.41. The summed E-state index contributed by atoms with van der Waals surface area (Å²) in [4.78, 5) is 0. The molecule has 1 aliphatic heterocycles. The van der Waals surface area contributed by atoms with E-state index in [1.165, 1.54) is 24.7 Å². The number of likely N-dealkylation sites (N-methyl/N-ethyl adjacent to an activating group) is 1. The lowest BCUT2D eigenvalue weighted by atomic mass is 10.0. The van der Waals surface area contributed by atoms with Gasteiger partial charge in [-0.25, -0.2) is 4.39 Å². The molecule has 1 N–H and O–H groups in total. The molecule has 2 rings (SSSR count). The third-order valence-corrected chi connectivity index (χ3v) is 5.23. The molecule has 2 unspecified atom stereocenters. The first-order valence-corrected chi connectivity index (χ1v) is 8.33. The Labute approximate surface area is 121 Å². The molecule has 0 spiro atoms. The second kappa shape index (κ2) is 6.92. The van der Waals surface area contributed by atoms with Crippen LogP contribution in [-0.2, 0) is 6.42 Å². The maximum absolute atomic E-state index is 13.4. The van der Waals surface area contributed by atoms with Gasteiger partial charge in [0.05, 0.1) is 0 Å². The number of benzene rings is 1. The van der Waals surface area contributed by atoms with Gasteiger partial charge in [-0.2, -0.15) is 11.8 Å². The number of hydrogen-bond donors (Lipinski definition) is 1. The highest BCUT2D eigenvalue weighted by molar-refractivity contribution is 9.10. The van der Waals surface area contributed by atoms with Crippen LogP contribution in [0.4, 0.5) is 4.39 Å². The van der Waals surface area contributed by atoms with Gasteiger partial charge in [0, 0.05) is 15.8 Å². The van der Waals surface area contributed by atoms with Crippen molar-refractivity contribution in [3.63, 3.8) is 0 Å². The fourth-order valence-electron chi connectivity index (χ4n) is 2.50. The first kappa shape index (κ1) is 14.4. The highest BCUT2D eigenvalue weighted by atomic mass is 79.9. The number of nitrogens with one attached hydrogen (secondary N) is 1. The maximum Gasteiger partial charge on any atom is 0.124 e. The summed E-state index contributed by atoms with van der Waals surface area (Å²) in [6, 6.07) is 5.63. The predicted molar refractivity (Wildman–Crippen MR) is 80.7 cm³/mol. The van der Waals surface area contributed by atoms with Crippen LogP contribution in [0, 0.1) is 5.82 Å². The molecule has 1 fully saturated rings.